The molecule has 0 saturated heterocycles. The molecular formula is C42H45N5O9. The molecule has 0 fully saturated rings. The average Bonchev–Trinajstić information content (AvgIpc) is 3.50. The third-order valence-corrected chi connectivity index (χ3v) is 9.59. The molecule has 0 spiro atoms. The molecule has 4 aromatic carbocycles. The summed E-state index contributed by atoms with van der Waals surface area (Å²) in [5, 5.41) is 18.9. The van der Waals surface area contributed by atoms with Gasteiger partial charge in [-0.1, -0.05) is 86.6 Å². The number of nitrogens with two attached hydrogens (primary N) is 1. The lowest BCUT2D eigenvalue weighted by molar-refractivity contribution is -0.384. The van der Waals surface area contributed by atoms with Crippen LogP contribution in [0.25, 0.3) is 11.1 Å². The number of primary amides is 1. The van der Waals surface area contributed by atoms with E-state index in [2.05, 4.69) is 16.0 Å². The Morgan fingerprint density at radius 2 is 1.43 bits per heavy atom. The molecule has 0 bridgehead atoms. The number of nitrogens with one attached hydrogen (secondary N) is 3. The maximum atomic E-state index is 13.7. The van der Waals surface area contributed by atoms with Crippen LogP contribution in [0.5, 0.6) is 0 Å². The fourth-order valence-corrected chi connectivity index (χ4v) is 6.69. The highest BCUT2D eigenvalue weighted by Gasteiger charge is 2.32. The van der Waals surface area contributed by atoms with E-state index in [1.807, 2.05) is 48.5 Å². The number of amides is 4. The molecule has 4 amide bonds. The highest BCUT2D eigenvalue weighted by molar-refractivity contribution is 5.97. The van der Waals surface area contributed by atoms with Gasteiger partial charge in [0.05, 0.1) is 17.4 Å². The van der Waals surface area contributed by atoms with Crippen LogP contribution in [-0.4, -0.2) is 53.9 Å². The Bertz CT molecular complexity index is 2000. The Kier molecular flexibility index (Phi) is 13.9. The third-order valence-electron chi connectivity index (χ3n) is 9.59. The van der Waals surface area contributed by atoms with E-state index >= 15 is 0 Å². The first-order chi connectivity index (χ1) is 26.9. The number of nitrogens with zero attached hydrogens (tertiary/aromatic N) is 1. The number of alkyl carbamates (subject to hydrolysis) is 1. The normalized spacial score (nSPS) is 12.8. The van der Waals surface area contributed by atoms with Gasteiger partial charge in [0.1, 0.15) is 13.2 Å². The van der Waals surface area contributed by atoms with Gasteiger partial charge in [0.2, 0.25) is 5.91 Å². The number of hydrogen-bond donors (Lipinski definition) is 4. The van der Waals surface area contributed by atoms with Crippen molar-refractivity contribution in [3.63, 3.8) is 0 Å². The summed E-state index contributed by atoms with van der Waals surface area (Å²) in [4.78, 5) is 74.4. The number of nitro benzene ring substituents is 1. The van der Waals surface area contributed by atoms with Gasteiger partial charge in [0, 0.05) is 42.6 Å². The highest BCUT2D eigenvalue weighted by atomic mass is 16.6. The van der Waals surface area contributed by atoms with E-state index in [4.69, 9.17) is 15.2 Å². The van der Waals surface area contributed by atoms with Crippen LogP contribution in [0.1, 0.15) is 61.3 Å². The number of esters is 1. The first-order valence-corrected chi connectivity index (χ1v) is 18.4. The zero-order valence-electron chi connectivity index (χ0n) is 31.2. The van der Waals surface area contributed by atoms with Crippen LogP contribution >= 0.6 is 0 Å². The maximum absolute atomic E-state index is 13.7. The van der Waals surface area contributed by atoms with Crippen molar-refractivity contribution in [1.82, 2.24) is 10.6 Å². The summed E-state index contributed by atoms with van der Waals surface area (Å²) in [5.41, 5.74) is 11.1. The van der Waals surface area contributed by atoms with Crippen LogP contribution in [0.2, 0.25) is 0 Å². The lowest BCUT2D eigenvalue weighted by atomic mass is 9.89. The number of ether oxygens (including phenoxy) is 2. The van der Waals surface area contributed by atoms with Crippen LogP contribution in [0.3, 0.4) is 0 Å². The monoisotopic (exact) mass is 763 g/mol. The number of ketones is 1. The van der Waals surface area contributed by atoms with Gasteiger partial charge in [-0.05, 0) is 64.3 Å². The predicted octanol–water partition coefficient (Wildman–Crippen LogP) is 6.41. The molecule has 292 valence electrons. The molecule has 14 nitrogen and oxygen atoms in total. The number of benzene rings is 4. The lowest BCUT2D eigenvalue weighted by Crippen LogP contribution is -2.46. The summed E-state index contributed by atoms with van der Waals surface area (Å²) in [6, 6.07) is 26.6. The molecule has 5 rings (SSSR count). The molecule has 14 heteroatoms. The van der Waals surface area contributed by atoms with Crippen LogP contribution in [0.4, 0.5) is 21.0 Å². The van der Waals surface area contributed by atoms with E-state index in [-0.39, 0.29) is 62.3 Å². The Hall–Kier alpha value is -6.57. The summed E-state index contributed by atoms with van der Waals surface area (Å²) < 4.78 is 11.0. The Labute approximate surface area is 324 Å². The Balaban J connectivity index is 1.16. The van der Waals surface area contributed by atoms with E-state index in [0.717, 1.165) is 22.3 Å². The van der Waals surface area contributed by atoms with Crippen molar-refractivity contribution in [3.05, 3.63) is 129 Å². The first-order valence-electron chi connectivity index (χ1n) is 18.4. The molecule has 1 aliphatic carbocycles. The molecule has 4 aromatic rings. The van der Waals surface area contributed by atoms with Crippen molar-refractivity contribution in [2.75, 3.05) is 18.5 Å². The van der Waals surface area contributed by atoms with Gasteiger partial charge in [-0.2, -0.15) is 0 Å². The summed E-state index contributed by atoms with van der Waals surface area (Å²) >= 11 is 0. The molecule has 5 N–H and O–H groups in total. The van der Waals surface area contributed by atoms with Crippen molar-refractivity contribution >= 4 is 41.2 Å². The second kappa shape index (κ2) is 19.1. The van der Waals surface area contributed by atoms with Crippen molar-refractivity contribution in [2.45, 2.75) is 58.1 Å². The van der Waals surface area contributed by atoms with Crippen LogP contribution in [0, 0.1) is 22.0 Å². The minimum absolute atomic E-state index is 0.0305. The second-order valence-corrected chi connectivity index (χ2v) is 13.9. The number of Topliss-reactive ketones (excluding diaryl/α,β-unsaturated/α-hetero) is 1. The number of urea groups is 1. The molecule has 2 atom stereocenters. The SMILES string of the molecule is CC(C)[C@H](NC(=O)OCC1c2ccccc2-c2ccccc21)C(=O)C[C@@H](CCCNC(N)=O)C(=O)Nc1ccc(COC(=O)Cc2ccc([N+](=O)[O-])cc2)cc1. The summed E-state index contributed by atoms with van der Waals surface area (Å²) in [7, 11) is 0. The zero-order chi connectivity index (χ0) is 40.2. The molecule has 0 aromatic heterocycles. The number of hydrogen-bond acceptors (Lipinski definition) is 9. The minimum Gasteiger partial charge on any atom is -0.461 e. The maximum Gasteiger partial charge on any atom is 0.407 e. The number of nitro groups is 1. The van der Waals surface area contributed by atoms with Crippen LogP contribution < -0.4 is 21.7 Å². The molecule has 0 heterocycles. The summed E-state index contributed by atoms with van der Waals surface area (Å²) in [6.07, 6.45) is -0.360. The quantitative estimate of drug-likeness (QED) is 0.0382. The van der Waals surface area contributed by atoms with Crippen LogP contribution in [-0.2, 0) is 36.9 Å². The number of rotatable bonds is 18. The Morgan fingerprint density at radius 1 is 0.821 bits per heavy atom. The number of carbonyl (C=O) groups is 5. The first kappa shape index (κ1) is 40.6. The predicted molar refractivity (Wildman–Crippen MR) is 208 cm³/mol. The Morgan fingerprint density at radius 3 is 2.02 bits per heavy atom. The summed E-state index contributed by atoms with van der Waals surface area (Å²) in [6.45, 7) is 3.85. The zero-order valence-corrected chi connectivity index (χ0v) is 31.2. The van der Waals surface area contributed by atoms with Crippen molar-refractivity contribution < 1.29 is 38.4 Å². The van der Waals surface area contributed by atoms with Gasteiger partial charge in [0.15, 0.2) is 5.78 Å². The number of carbonyl (C=O) groups excluding carboxylic acids is 5. The van der Waals surface area contributed by atoms with E-state index in [0.29, 0.717) is 23.2 Å². The summed E-state index contributed by atoms with van der Waals surface area (Å²) in [5.74, 6) is -2.54. The third kappa shape index (κ3) is 11.0. The van der Waals surface area contributed by atoms with Gasteiger partial charge >= 0.3 is 18.1 Å². The molecule has 0 aliphatic heterocycles. The van der Waals surface area contributed by atoms with Gasteiger partial charge in [-0.15, -0.1) is 0 Å². The molecule has 0 saturated carbocycles. The number of non-ortho nitro benzene ring substituents is 1. The standard InChI is InChI=1S/C42H45N5O9/c1-26(2)39(46-42(52)56-25-36-34-11-5-3-9-32(34)33-10-4-6-12-35(33)36)37(48)23-29(8-7-21-44-41(43)51)40(50)45-30-17-13-28(14-18-30)24-55-38(49)22-27-15-19-31(20-16-27)47(53)54/h3-6,9-20,26,29,36,39H,7-8,21-25H2,1-2H3,(H,45,50)(H,46,52)(H3,43,44,51)/t29-,39+/m1/s1. The van der Waals surface area contributed by atoms with Gasteiger partial charge in [0.25, 0.3) is 5.69 Å². The second-order valence-electron chi connectivity index (χ2n) is 13.9. The van der Waals surface area contributed by atoms with Gasteiger partial charge < -0.3 is 31.2 Å². The van der Waals surface area contributed by atoms with E-state index in [9.17, 15) is 34.1 Å². The fraction of sp³-hybridized carbons (Fsp3) is 0.310. The fourth-order valence-electron chi connectivity index (χ4n) is 6.69. The topological polar surface area (TPSA) is 209 Å². The highest BCUT2D eigenvalue weighted by Crippen LogP contribution is 2.44. The molecular weight excluding hydrogens is 718 g/mol. The van der Waals surface area contributed by atoms with Crippen LogP contribution in [0.15, 0.2) is 97.1 Å². The van der Waals surface area contributed by atoms with Crippen molar-refractivity contribution in [1.29, 1.82) is 0 Å². The smallest absolute Gasteiger partial charge is 0.407 e. The number of anilines is 1. The van der Waals surface area contributed by atoms with Gasteiger partial charge in [-0.25, -0.2) is 9.59 Å². The average molecular weight is 764 g/mol. The lowest BCUT2D eigenvalue weighted by Gasteiger charge is -2.24. The number of fused-ring (bicyclic) bond motifs is 3. The minimum atomic E-state index is -0.924. The van der Waals surface area contributed by atoms with E-state index in [1.165, 1.54) is 24.3 Å². The van der Waals surface area contributed by atoms with Crippen molar-refractivity contribution in [2.24, 2.45) is 17.6 Å². The van der Waals surface area contributed by atoms with Gasteiger partial charge in [-0.3, -0.25) is 24.5 Å². The molecule has 56 heavy (non-hydrogen) atoms. The molecule has 0 radical (unpaired) electrons. The molecule has 0 unspecified atom stereocenters. The molecule has 1 aliphatic rings. The van der Waals surface area contributed by atoms with Crippen molar-refractivity contribution in [3.8, 4) is 11.1 Å². The largest absolute Gasteiger partial charge is 0.461 e. The van der Waals surface area contributed by atoms with E-state index < -0.39 is 40.9 Å². The van der Waals surface area contributed by atoms with E-state index in [1.54, 1.807) is 38.1 Å².